The van der Waals surface area contributed by atoms with Crippen LogP contribution in [0.15, 0.2) is 134 Å². The summed E-state index contributed by atoms with van der Waals surface area (Å²) in [5.74, 6) is -0.567. The maximum absolute atomic E-state index is 13.6. The number of phosphoric acid groups is 1. The van der Waals surface area contributed by atoms with Gasteiger partial charge < -0.3 is 28.5 Å². The van der Waals surface area contributed by atoms with Crippen molar-refractivity contribution in [1.29, 1.82) is 0 Å². The van der Waals surface area contributed by atoms with Gasteiger partial charge in [0.1, 0.15) is 19.3 Å². The number of ether oxygens (including phenoxy) is 1. The maximum atomic E-state index is 13.6. The molecular weight excluding hydrogens is 1110 g/mol. The van der Waals surface area contributed by atoms with Crippen molar-refractivity contribution in [3.63, 3.8) is 0 Å². The second kappa shape index (κ2) is 66.1. The van der Waals surface area contributed by atoms with Gasteiger partial charge in [-0.25, -0.2) is 0 Å². The first kappa shape index (κ1) is 84.2. The Morgan fingerprint density at radius 2 is 0.727 bits per heavy atom. The third-order valence-electron chi connectivity index (χ3n) is 15.3. The number of hydrogen-bond donors (Lipinski definition) is 1. The van der Waals surface area contributed by atoms with E-state index in [0.29, 0.717) is 23.9 Å². The minimum Gasteiger partial charge on any atom is -0.756 e. The summed E-state index contributed by atoms with van der Waals surface area (Å²) in [6, 6.07) is -0.909. The number of likely N-dealkylation sites (N-methyl/N-ethyl adjacent to an activating group) is 1. The first-order valence-corrected chi connectivity index (χ1v) is 37.5. The van der Waals surface area contributed by atoms with Gasteiger partial charge in [-0.15, -0.1) is 0 Å². The fourth-order valence-electron chi connectivity index (χ4n) is 9.80. The van der Waals surface area contributed by atoms with Gasteiger partial charge in [-0.1, -0.05) is 290 Å². The molecule has 0 rings (SSSR count). The van der Waals surface area contributed by atoms with Gasteiger partial charge in [-0.2, -0.15) is 0 Å². The average molecular weight is 1240 g/mol. The van der Waals surface area contributed by atoms with Gasteiger partial charge in [0, 0.05) is 12.8 Å². The highest BCUT2D eigenvalue weighted by atomic mass is 31.2. The summed E-state index contributed by atoms with van der Waals surface area (Å²) < 4.78 is 30.4. The van der Waals surface area contributed by atoms with Crippen LogP contribution in [0.1, 0.15) is 297 Å². The number of hydrogen-bond acceptors (Lipinski definition) is 7. The van der Waals surface area contributed by atoms with E-state index < -0.39 is 26.6 Å². The van der Waals surface area contributed by atoms with Crippen LogP contribution in [0.5, 0.6) is 0 Å². The van der Waals surface area contributed by atoms with Crippen molar-refractivity contribution in [3.8, 4) is 0 Å². The number of esters is 1. The molecule has 0 aromatic rings. The number of allylic oxidation sites excluding steroid dienone is 21. The van der Waals surface area contributed by atoms with E-state index in [1.807, 2.05) is 33.3 Å². The molecule has 0 saturated carbocycles. The molecule has 0 bridgehead atoms. The van der Waals surface area contributed by atoms with E-state index >= 15 is 0 Å². The van der Waals surface area contributed by atoms with Gasteiger partial charge >= 0.3 is 5.97 Å². The number of nitrogens with zero attached hydrogens (tertiary/aromatic N) is 1. The largest absolute Gasteiger partial charge is 0.756 e. The quantitative estimate of drug-likeness (QED) is 0.0212. The molecule has 0 radical (unpaired) electrons. The molecule has 3 atom stereocenters. The molecule has 504 valence electrons. The zero-order valence-electron chi connectivity index (χ0n) is 57.6. The van der Waals surface area contributed by atoms with Crippen molar-refractivity contribution in [3.05, 3.63) is 134 Å². The Bertz CT molecular complexity index is 1970. The highest BCUT2D eigenvalue weighted by molar-refractivity contribution is 7.45. The zero-order chi connectivity index (χ0) is 64.2. The number of nitrogens with one attached hydrogen (secondary N) is 1. The number of amides is 1. The Kier molecular flexibility index (Phi) is 63.2. The van der Waals surface area contributed by atoms with Crippen molar-refractivity contribution >= 4 is 19.7 Å². The molecule has 0 aromatic heterocycles. The molecule has 0 aliphatic heterocycles. The molecule has 0 fully saturated rings. The molecule has 88 heavy (non-hydrogen) atoms. The third-order valence-corrected chi connectivity index (χ3v) is 16.3. The van der Waals surface area contributed by atoms with Crippen molar-refractivity contribution < 1.29 is 37.3 Å². The van der Waals surface area contributed by atoms with Crippen LogP contribution in [0.4, 0.5) is 0 Å². The summed E-state index contributed by atoms with van der Waals surface area (Å²) in [4.78, 5) is 40.2. The molecule has 0 saturated heterocycles. The van der Waals surface area contributed by atoms with Crippen LogP contribution >= 0.6 is 7.82 Å². The summed E-state index contributed by atoms with van der Waals surface area (Å²) >= 11 is 0. The van der Waals surface area contributed by atoms with Crippen LogP contribution in [-0.2, 0) is 27.9 Å². The average Bonchev–Trinajstić information content (AvgIpc) is 3.66. The topological polar surface area (TPSA) is 114 Å². The monoisotopic (exact) mass is 1240 g/mol. The number of rotatable bonds is 64. The van der Waals surface area contributed by atoms with Crippen LogP contribution in [0.2, 0.25) is 0 Å². The molecule has 1 amide bonds. The van der Waals surface area contributed by atoms with Gasteiger partial charge in [0.15, 0.2) is 0 Å². The van der Waals surface area contributed by atoms with Crippen molar-refractivity contribution in [1.82, 2.24) is 5.32 Å². The van der Waals surface area contributed by atoms with E-state index in [1.54, 1.807) is 0 Å². The standard InChI is InChI=1S/C78H135N2O7P/c1-7-10-13-16-19-22-25-28-30-32-34-36-38-39-40-41-43-44-46-48-50-52-55-58-61-64-67-70-77(81)79-75(74-86-88(83,84)85-73-72-80(4,5)6)76(69-66-63-60-57-54-27-24-21-18-15-12-9-3)87-78(82)71-68-65-62-59-56-53-51-49-47-45-42-37-35-33-31-29-26-23-20-17-14-11-8-2/h10,13,19-20,22-23,28-31,34-37,39-40,43-45,47,66,69,75-76H,7-9,11-12,14-18,21,24-27,32-33,38,41-42,46,48-65,67-68,70-74H2,1-6H3,(H-,79,81,83,84)/b13-10-,22-19-,23-20-,30-28-,31-29-,36-34-,37-35-,40-39-,44-43-,47-45-,69-66-. The Morgan fingerprint density at radius 3 is 1.11 bits per heavy atom. The van der Waals surface area contributed by atoms with Crippen LogP contribution in [0.25, 0.3) is 0 Å². The molecule has 0 aliphatic carbocycles. The molecular formula is C78H135N2O7P. The predicted octanol–water partition coefficient (Wildman–Crippen LogP) is 22.5. The van der Waals surface area contributed by atoms with Crippen LogP contribution in [-0.4, -0.2) is 69.4 Å². The van der Waals surface area contributed by atoms with Crippen molar-refractivity contribution in [2.75, 3.05) is 40.9 Å². The minimum atomic E-state index is -4.72. The SMILES string of the molecule is CC/C=C\C/C=C\C/C=C\C/C=C\C/C=C\C/C=C\CCCCCCCCCCC(=O)NC(COP(=O)([O-])OCC[N+](C)(C)C)C(/C=C\CCCCCCCCCCCC)OC(=O)CCCCCCCCC/C=C\C/C=C\C/C=C\C/C=C\CCCCC. The lowest BCUT2D eigenvalue weighted by Gasteiger charge is -2.30. The Labute approximate surface area is 543 Å². The fourth-order valence-corrected chi connectivity index (χ4v) is 10.5. The highest BCUT2D eigenvalue weighted by Gasteiger charge is 2.27. The van der Waals surface area contributed by atoms with E-state index in [-0.39, 0.29) is 24.9 Å². The first-order valence-electron chi connectivity index (χ1n) is 36.0. The lowest BCUT2D eigenvalue weighted by Crippen LogP contribution is -2.47. The molecule has 3 unspecified atom stereocenters. The molecule has 0 aromatic carbocycles. The second-order valence-electron chi connectivity index (χ2n) is 25.0. The minimum absolute atomic E-state index is 0.0328. The summed E-state index contributed by atoms with van der Waals surface area (Å²) in [5, 5.41) is 3.03. The Balaban J connectivity index is 5.12. The zero-order valence-corrected chi connectivity index (χ0v) is 58.5. The fraction of sp³-hybridized carbons (Fsp3) is 0.692. The third kappa shape index (κ3) is 66.6. The summed E-state index contributed by atoms with van der Waals surface area (Å²) in [6.45, 7) is 6.69. The Hall–Kier alpha value is -3.85. The van der Waals surface area contributed by atoms with Gasteiger partial charge in [0.05, 0.1) is 33.8 Å². The van der Waals surface area contributed by atoms with Gasteiger partial charge in [-0.05, 0) is 128 Å². The molecule has 10 heteroatoms. The van der Waals surface area contributed by atoms with Gasteiger partial charge in [0.2, 0.25) is 5.91 Å². The molecule has 1 N–H and O–H groups in total. The summed E-state index contributed by atoms with van der Waals surface area (Å²) in [5.41, 5.74) is 0. The summed E-state index contributed by atoms with van der Waals surface area (Å²) in [6.07, 6.45) is 94.2. The number of carbonyl (C=O) groups is 2. The lowest BCUT2D eigenvalue weighted by molar-refractivity contribution is -0.870. The smallest absolute Gasteiger partial charge is 0.306 e. The highest BCUT2D eigenvalue weighted by Crippen LogP contribution is 2.38. The van der Waals surface area contributed by atoms with Crippen molar-refractivity contribution in [2.24, 2.45) is 0 Å². The molecule has 0 aliphatic rings. The van der Waals surface area contributed by atoms with Crippen LogP contribution in [0, 0.1) is 0 Å². The Morgan fingerprint density at radius 1 is 0.409 bits per heavy atom. The number of phosphoric ester groups is 1. The van der Waals surface area contributed by atoms with Gasteiger partial charge in [0.25, 0.3) is 7.82 Å². The number of unbranched alkanes of at least 4 members (excludes halogenated alkanes) is 28. The van der Waals surface area contributed by atoms with E-state index in [1.165, 1.54) is 122 Å². The van der Waals surface area contributed by atoms with E-state index in [9.17, 15) is 19.0 Å². The lowest BCUT2D eigenvalue weighted by atomic mass is 10.0. The van der Waals surface area contributed by atoms with Crippen molar-refractivity contribution in [2.45, 2.75) is 309 Å². The first-order chi connectivity index (χ1) is 42.9. The number of quaternary nitrogens is 1. The number of carbonyl (C=O) groups excluding carboxylic acids is 2. The van der Waals surface area contributed by atoms with E-state index in [4.69, 9.17) is 13.8 Å². The van der Waals surface area contributed by atoms with Crippen LogP contribution < -0.4 is 10.2 Å². The molecule has 0 heterocycles. The summed E-state index contributed by atoms with van der Waals surface area (Å²) in [7, 11) is 1.16. The van der Waals surface area contributed by atoms with E-state index in [2.05, 4.69) is 148 Å². The van der Waals surface area contributed by atoms with Crippen LogP contribution in [0.3, 0.4) is 0 Å². The van der Waals surface area contributed by atoms with Gasteiger partial charge in [-0.3, -0.25) is 14.2 Å². The normalized spacial score (nSPS) is 14.3. The maximum Gasteiger partial charge on any atom is 0.306 e. The predicted molar refractivity (Wildman–Crippen MR) is 380 cm³/mol. The molecule has 9 nitrogen and oxygen atoms in total. The molecule has 0 spiro atoms. The second-order valence-corrected chi connectivity index (χ2v) is 26.4. The van der Waals surface area contributed by atoms with E-state index in [0.717, 1.165) is 135 Å².